The quantitative estimate of drug-likeness (QED) is 0.384. The number of carbonyl (C=O) groups excluding carboxylic acids is 1. The number of nitrogens with one attached hydrogen (secondary N) is 1. The molecule has 0 atom stereocenters. The lowest BCUT2D eigenvalue weighted by atomic mass is 9.96. The third-order valence-corrected chi connectivity index (χ3v) is 5.59. The van der Waals surface area contributed by atoms with Crippen molar-refractivity contribution in [2.75, 3.05) is 5.32 Å². The van der Waals surface area contributed by atoms with Crippen LogP contribution in [0.25, 0.3) is 38.9 Å². The Bertz CT molecular complexity index is 1600. The summed E-state index contributed by atoms with van der Waals surface area (Å²) in [6.45, 7) is 3.50. The first-order valence-electron chi connectivity index (χ1n) is 10.6. The summed E-state index contributed by atoms with van der Waals surface area (Å²) < 4.78 is 3.50. The number of hydrogen-bond acceptors (Lipinski definition) is 4. The van der Waals surface area contributed by atoms with Crippen molar-refractivity contribution < 1.29 is 4.79 Å². The predicted octanol–water partition coefficient (Wildman–Crippen LogP) is 5.06. The van der Waals surface area contributed by atoms with E-state index in [1.165, 1.54) is 6.08 Å². The summed E-state index contributed by atoms with van der Waals surface area (Å²) in [6, 6.07) is 20.0. The molecule has 0 saturated carbocycles. The van der Waals surface area contributed by atoms with Crippen molar-refractivity contribution in [3.05, 3.63) is 97.6 Å². The van der Waals surface area contributed by atoms with Crippen LogP contribution in [0.15, 0.2) is 92.0 Å². The summed E-state index contributed by atoms with van der Waals surface area (Å²) in [5.41, 5.74) is 7.64. The number of fused-ring (bicyclic) bond motifs is 1. The molecule has 0 radical (unpaired) electrons. The number of amides is 1. The fraction of sp³-hybridized carbons (Fsp3) is 0.0370. The minimum atomic E-state index is -0.259. The summed E-state index contributed by atoms with van der Waals surface area (Å²) in [7, 11) is 1.87. The fourth-order valence-electron chi connectivity index (χ4n) is 3.99. The van der Waals surface area contributed by atoms with Crippen LogP contribution in [0.1, 0.15) is 5.56 Å². The van der Waals surface area contributed by atoms with Crippen molar-refractivity contribution in [3.63, 3.8) is 0 Å². The first-order chi connectivity index (χ1) is 16.6. The van der Waals surface area contributed by atoms with Crippen molar-refractivity contribution in [3.8, 4) is 39.4 Å². The first-order valence-corrected chi connectivity index (χ1v) is 10.6. The van der Waals surface area contributed by atoms with Crippen LogP contribution in [0, 0.1) is 11.3 Å². The highest BCUT2D eigenvalue weighted by atomic mass is 16.1. The molecule has 1 amide bonds. The van der Waals surface area contributed by atoms with Gasteiger partial charge in [0.1, 0.15) is 6.07 Å². The maximum Gasteiger partial charge on any atom is 0.247 e. The molecule has 5 rings (SSSR count). The van der Waals surface area contributed by atoms with Crippen molar-refractivity contribution in [1.29, 1.82) is 5.26 Å². The molecule has 0 aliphatic rings. The topological polar surface area (TPSA) is 88.0 Å². The second-order valence-electron chi connectivity index (χ2n) is 7.86. The smallest absolute Gasteiger partial charge is 0.247 e. The van der Waals surface area contributed by atoms with Gasteiger partial charge in [0.25, 0.3) is 0 Å². The molecular weight excluding hydrogens is 424 g/mol. The van der Waals surface area contributed by atoms with E-state index in [2.05, 4.69) is 40.3 Å². The fourth-order valence-corrected chi connectivity index (χ4v) is 3.99. The van der Waals surface area contributed by atoms with Gasteiger partial charge < -0.3 is 5.32 Å². The lowest BCUT2D eigenvalue weighted by Crippen LogP contribution is -2.06. The highest BCUT2D eigenvalue weighted by molar-refractivity contribution is 5.99. The molecule has 0 bridgehead atoms. The van der Waals surface area contributed by atoms with Gasteiger partial charge >= 0.3 is 0 Å². The van der Waals surface area contributed by atoms with Crippen molar-refractivity contribution in [2.45, 2.75) is 0 Å². The molecule has 2 aromatic carbocycles. The maximum atomic E-state index is 11.7. The summed E-state index contributed by atoms with van der Waals surface area (Å²) in [5, 5.41) is 21.2. The number of rotatable bonds is 5. The van der Waals surface area contributed by atoms with Gasteiger partial charge in [-0.1, -0.05) is 36.9 Å². The minimum Gasteiger partial charge on any atom is -0.323 e. The van der Waals surface area contributed by atoms with Gasteiger partial charge in [-0.2, -0.15) is 15.5 Å². The summed E-state index contributed by atoms with van der Waals surface area (Å²) in [6.07, 6.45) is 8.48. The van der Waals surface area contributed by atoms with Crippen LogP contribution in [0.3, 0.4) is 0 Å². The maximum absolute atomic E-state index is 11.7. The lowest BCUT2D eigenvalue weighted by molar-refractivity contribution is -0.111. The Balaban J connectivity index is 1.65. The number of benzene rings is 2. The van der Waals surface area contributed by atoms with Gasteiger partial charge in [-0.05, 0) is 47.0 Å². The Morgan fingerprint density at radius 2 is 1.74 bits per heavy atom. The van der Waals surface area contributed by atoms with E-state index in [4.69, 9.17) is 0 Å². The molecular formula is C27H20N6O. The van der Waals surface area contributed by atoms with E-state index in [1.54, 1.807) is 21.6 Å². The lowest BCUT2D eigenvalue weighted by Gasteiger charge is -2.11. The first kappa shape index (κ1) is 20.9. The summed E-state index contributed by atoms with van der Waals surface area (Å²) >= 11 is 0. The van der Waals surface area contributed by atoms with Gasteiger partial charge in [-0.15, -0.1) is 0 Å². The largest absolute Gasteiger partial charge is 0.323 e. The van der Waals surface area contributed by atoms with Gasteiger partial charge in [-0.25, -0.2) is 4.52 Å². The molecule has 7 heteroatoms. The van der Waals surface area contributed by atoms with Gasteiger partial charge in [0.15, 0.2) is 0 Å². The molecule has 164 valence electrons. The summed E-state index contributed by atoms with van der Waals surface area (Å²) in [5.74, 6) is -0.259. The molecule has 0 unspecified atom stereocenters. The zero-order chi connectivity index (χ0) is 23.7. The van der Waals surface area contributed by atoms with E-state index < -0.39 is 0 Å². The van der Waals surface area contributed by atoms with E-state index >= 15 is 0 Å². The molecule has 5 aromatic rings. The van der Waals surface area contributed by atoms with Gasteiger partial charge in [0.05, 0.1) is 23.5 Å². The normalized spacial score (nSPS) is 10.7. The molecule has 1 N–H and O–H groups in total. The zero-order valence-electron chi connectivity index (χ0n) is 18.4. The predicted molar refractivity (Wildman–Crippen MR) is 132 cm³/mol. The number of anilines is 1. The molecule has 0 saturated heterocycles. The number of carbonyl (C=O) groups is 1. The second kappa shape index (κ2) is 8.52. The second-order valence-corrected chi connectivity index (χ2v) is 7.86. The molecule has 7 nitrogen and oxygen atoms in total. The third-order valence-electron chi connectivity index (χ3n) is 5.59. The minimum absolute atomic E-state index is 0.259. The monoisotopic (exact) mass is 444 g/mol. The number of pyridine rings is 1. The number of aryl methyl sites for hydroxylation is 1. The van der Waals surface area contributed by atoms with E-state index in [-0.39, 0.29) is 5.91 Å². The summed E-state index contributed by atoms with van der Waals surface area (Å²) in [4.78, 5) is 11.7. The van der Waals surface area contributed by atoms with Gasteiger partial charge in [0, 0.05) is 41.8 Å². The van der Waals surface area contributed by atoms with Crippen LogP contribution in [-0.4, -0.2) is 25.3 Å². The SMILES string of the molecule is C=CC(=O)Nc1cccc(-c2cccc(-c3cc(-c4cnn(C)c4)cn4ncc(C#N)c34)c2)c1. The molecule has 0 fully saturated rings. The molecule has 3 aromatic heterocycles. The number of hydrogen-bond donors (Lipinski definition) is 1. The Labute approximate surface area is 196 Å². The molecule has 3 heterocycles. The van der Waals surface area contributed by atoms with E-state index in [1.807, 2.05) is 61.9 Å². The molecule has 0 aliphatic carbocycles. The highest BCUT2D eigenvalue weighted by Crippen LogP contribution is 2.34. The Morgan fingerprint density at radius 1 is 0.971 bits per heavy atom. The van der Waals surface area contributed by atoms with Crippen LogP contribution in [0.2, 0.25) is 0 Å². The average molecular weight is 444 g/mol. The standard InChI is InChI=1S/C27H20N6O/c1-3-26(34)31-24-9-5-7-19(11-24)18-6-4-8-20(10-18)25-12-21(23-15-29-32(2)16-23)17-33-27(25)22(13-28)14-30-33/h3-12,14-17H,1H2,2H3,(H,31,34). The van der Waals surface area contributed by atoms with E-state index in [9.17, 15) is 10.1 Å². The molecule has 34 heavy (non-hydrogen) atoms. The van der Waals surface area contributed by atoms with Crippen LogP contribution in [0.4, 0.5) is 5.69 Å². The van der Waals surface area contributed by atoms with E-state index in [0.29, 0.717) is 11.3 Å². The number of nitrogens with zero attached hydrogens (tertiary/aromatic N) is 5. The van der Waals surface area contributed by atoms with Crippen LogP contribution in [-0.2, 0) is 11.8 Å². The highest BCUT2D eigenvalue weighted by Gasteiger charge is 2.15. The Morgan fingerprint density at radius 3 is 2.47 bits per heavy atom. The molecule has 0 aliphatic heterocycles. The number of nitriles is 1. The van der Waals surface area contributed by atoms with Crippen molar-refractivity contribution in [1.82, 2.24) is 19.4 Å². The van der Waals surface area contributed by atoms with Gasteiger partial charge in [0.2, 0.25) is 5.91 Å². The average Bonchev–Trinajstić information content (AvgIpc) is 3.49. The molecule has 0 spiro atoms. The van der Waals surface area contributed by atoms with Crippen LogP contribution in [0.5, 0.6) is 0 Å². The van der Waals surface area contributed by atoms with Crippen LogP contribution >= 0.6 is 0 Å². The zero-order valence-corrected chi connectivity index (χ0v) is 18.4. The van der Waals surface area contributed by atoms with Gasteiger partial charge in [-0.3, -0.25) is 9.48 Å². The third kappa shape index (κ3) is 3.85. The Hall–Kier alpha value is -4.96. The number of aromatic nitrogens is 4. The van der Waals surface area contributed by atoms with E-state index in [0.717, 1.165) is 38.9 Å². The Kier molecular flexibility index (Phi) is 5.24. The van der Waals surface area contributed by atoms with Crippen LogP contribution < -0.4 is 5.32 Å². The van der Waals surface area contributed by atoms with Crippen molar-refractivity contribution in [2.24, 2.45) is 7.05 Å². The van der Waals surface area contributed by atoms with Crippen molar-refractivity contribution >= 4 is 17.1 Å².